The molecule has 0 aliphatic heterocycles. The van der Waals surface area contributed by atoms with Gasteiger partial charge in [-0.05, 0) is 55.2 Å². The monoisotopic (exact) mass is 256 g/mol. The molecule has 1 N–H and O–H groups in total. The molecule has 0 heterocycles. The smallest absolute Gasteiger partial charge is 0.119 e. The molecule has 0 unspecified atom stereocenters. The second-order valence-electron chi connectivity index (χ2n) is 4.95. The zero-order chi connectivity index (χ0) is 13.8. The van der Waals surface area contributed by atoms with Crippen molar-refractivity contribution in [1.29, 1.82) is 0 Å². The van der Waals surface area contributed by atoms with Crippen LogP contribution in [-0.2, 0) is 6.61 Å². The van der Waals surface area contributed by atoms with E-state index in [1.165, 1.54) is 16.7 Å². The summed E-state index contributed by atoms with van der Waals surface area (Å²) in [5.74, 6) is 0.822. The van der Waals surface area contributed by atoms with E-state index in [2.05, 4.69) is 32.0 Å². The summed E-state index contributed by atoms with van der Waals surface area (Å²) >= 11 is 0. The average molecular weight is 256 g/mol. The molecule has 1 atom stereocenters. The number of aliphatic hydroxyl groups is 1. The summed E-state index contributed by atoms with van der Waals surface area (Å²) in [4.78, 5) is 0. The molecule has 0 aliphatic rings. The van der Waals surface area contributed by atoms with Gasteiger partial charge in [-0.25, -0.2) is 0 Å². The fraction of sp³-hybridized carbons (Fsp3) is 0.294. The molecule has 0 radical (unpaired) electrons. The Morgan fingerprint density at radius 3 is 2.26 bits per heavy atom. The number of hydrogen-bond acceptors (Lipinski definition) is 2. The van der Waals surface area contributed by atoms with Gasteiger partial charge in [0.1, 0.15) is 12.4 Å². The highest BCUT2D eigenvalue weighted by Gasteiger charge is 2.02. The van der Waals surface area contributed by atoms with E-state index in [0.717, 1.165) is 11.3 Å². The van der Waals surface area contributed by atoms with Crippen LogP contribution in [0.5, 0.6) is 5.75 Å². The van der Waals surface area contributed by atoms with Crippen molar-refractivity contribution < 1.29 is 9.84 Å². The van der Waals surface area contributed by atoms with E-state index in [1.54, 1.807) is 6.92 Å². The van der Waals surface area contributed by atoms with Crippen LogP contribution in [-0.4, -0.2) is 5.11 Å². The molecule has 2 nitrogen and oxygen atoms in total. The Morgan fingerprint density at radius 1 is 1.00 bits per heavy atom. The Morgan fingerprint density at radius 2 is 1.68 bits per heavy atom. The maximum Gasteiger partial charge on any atom is 0.119 e. The Labute approximate surface area is 114 Å². The quantitative estimate of drug-likeness (QED) is 0.898. The molecule has 0 aromatic heterocycles. The number of ether oxygens (including phenoxy) is 1. The zero-order valence-corrected chi connectivity index (χ0v) is 11.7. The van der Waals surface area contributed by atoms with Gasteiger partial charge in [-0.15, -0.1) is 0 Å². The zero-order valence-electron chi connectivity index (χ0n) is 11.7. The average Bonchev–Trinajstić information content (AvgIpc) is 2.40. The molecule has 100 valence electrons. The Hall–Kier alpha value is -1.80. The molecular formula is C17H20O2. The van der Waals surface area contributed by atoms with Crippen LogP contribution >= 0.6 is 0 Å². The summed E-state index contributed by atoms with van der Waals surface area (Å²) in [6, 6.07) is 13.9. The predicted octanol–water partition coefficient (Wildman–Crippen LogP) is 3.94. The molecule has 2 heteroatoms. The Balaban J connectivity index is 2.00. The first-order valence-corrected chi connectivity index (χ1v) is 6.53. The molecule has 19 heavy (non-hydrogen) atoms. The number of benzene rings is 2. The van der Waals surface area contributed by atoms with Gasteiger partial charge >= 0.3 is 0 Å². The van der Waals surface area contributed by atoms with Gasteiger partial charge in [-0.1, -0.05) is 30.3 Å². The van der Waals surface area contributed by atoms with Crippen molar-refractivity contribution in [3.8, 4) is 5.75 Å². The van der Waals surface area contributed by atoms with Crippen molar-refractivity contribution in [2.24, 2.45) is 0 Å². The number of rotatable bonds is 4. The molecule has 2 aromatic rings. The van der Waals surface area contributed by atoms with E-state index in [9.17, 15) is 5.11 Å². The fourth-order valence-electron chi connectivity index (χ4n) is 1.90. The van der Waals surface area contributed by atoms with E-state index in [4.69, 9.17) is 4.74 Å². The SMILES string of the molecule is Cc1ccc(COc2ccc([C@H](C)O)cc2)cc1C. The van der Waals surface area contributed by atoms with Crippen LogP contribution in [0.3, 0.4) is 0 Å². The molecule has 0 bridgehead atoms. The number of aryl methyl sites for hydroxylation is 2. The van der Waals surface area contributed by atoms with Crippen molar-refractivity contribution in [2.75, 3.05) is 0 Å². The van der Waals surface area contributed by atoms with Crippen molar-refractivity contribution in [3.63, 3.8) is 0 Å². The van der Waals surface area contributed by atoms with Crippen LogP contribution in [0, 0.1) is 13.8 Å². The first kappa shape index (κ1) is 13.6. The molecule has 0 fully saturated rings. The summed E-state index contributed by atoms with van der Waals surface area (Å²) in [5, 5.41) is 9.44. The van der Waals surface area contributed by atoms with Crippen LogP contribution in [0.25, 0.3) is 0 Å². The normalized spacial score (nSPS) is 12.2. The minimum atomic E-state index is -0.436. The molecule has 0 saturated carbocycles. The third kappa shape index (κ3) is 3.58. The Bertz CT molecular complexity index is 542. The van der Waals surface area contributed by atoms with E-state index >= 15 is 0 Å². The summed E-state index contributed by atoms with van der Waals surface area (Å²) in [7, 11) is 0. The highest BCUT2D eigenvalue weighted by Crippen LogP contribution is 2.19. The van der Waals surface area contributed by atoms with Gasteiger partial charge in [-0.3, -0.25) is 0 Å². The van der Waals surface area contributed by atoms with Crippen molar-refractivity contribution in [2.45, 2.75) is 33.5 Å². The molecule has 0 amide bonds. The third-order valence-corrected chi connectivity index (χ3v) is 3.34. The highest BCUT2D eigenvalue weighted by molar-refractivity contribution is 5.31. The third-order valence-electron chi connectivity index (χ3n) is 3.34. The van der Waals surface area contributed by atoms with Crippen molar-refractivity contribution in [1.82, 2.24) is 0 Å². The van der Waals surface area contributed by atoms with E-state index in [-0.39, 0.29) is 0 Å². The van der Waals surface area contributed by atoms with Crippen molar-refractivity contribution >= 4 is 0 Å². The molecule has 2 aromatic carbocycles. The summed E-state index contributed by atoms with van der Waals surface area (Å²) in [5.41, 5.74) is 4.65. The summed E-state index contributed by atoms with van der Waals surface area (Å²) in [6.45, 7) is 6.53. The molecule has 0 saturated heterocycles. The van der Waals surface area contributed by atoms with Crippen LogP contribution in [0.4, 0.5) is 0 Å². The topological polar surface area (TPSA) is 29.5 Å². The second-order valence-corrected chi connectivity index (χ2v) is 4.95. The van der Waals surface area contributed by atoms with Gasteiger partial charge in [0, 0.05) is 0 Å². The predicted molar refractivity (Wildman–Crippen MR) is 77.3 cm³/mol. The maximum absolute atomic E-state index is 9.44. The summed E-state index contributed by atoms with van der Waals surface area (Å²) in [6.07, 6.45) is -0.436. The standard InChI is InChI=1S/C17H20O2/c1-12-4-5-15(10-13(12)2)11-19-17-8-6-16(7-9-17)14(3)18/h4-10,14,18H,11H2,1-3H3/t14-/m0/s1. The lowest BCUT2D eigenvalue weighted by molar-refractivity contribution is 0.199. The van der Waals surface area contributed by atoms with Gasteiger partial charge in [0.05, 0.1) is 6.10 Å². The second kappa shape index (κ2) is 5.89. The van der Waals surface area contributed by atoms with Gasteiger partial charge in [-0.2, -0.15) is 0 Å². The minimum Gasteiger partial charge on any atom is -0.489 e. The number of aliphatic hydroxyl groups excluding tert-OH is 1. The van der Waals surface area contributed by atoms with Gasteiger partial charge < -0.3 is 9.84 Å². The Kier molecular flexibility index (Phi) is 4.23. The lowest BCUT2D eigenvalue weighted by atomic mass is 10.1. The van der Waals surface area contributed by atoms with Crippen LogP contribution < -0.4 is 4.74 Å². The first-order valence-electron chi connectivity index (χ1n) is 6.53. The van der Waals surface area contributed by atoms with Gasteiger partial charge in [0.2, 0.25) is 0 Å². The summed E-state index contributed by atoms with van der Waals surface area (Å²) < 4.78 is 5.74. The lowest BCUT2D eigenvalue weighted by Crippen LogP contribution is -1.97. The van der Waals surface area contributed by atoms with Gasteiger partial charge in [0.15, 0.2) is 0 Å². The molecular weight excluding hydrogens is 236 g/mol. The van der Waals surface area contributed by atoms with Crippen molar-refractivity contribution in [3.05, 3.63) is 64.7 Å². The molecule has 0 spiro atoms. The van der Waals surface area contributed by atoms with E-state index in [1.807, 2.05) is 24.3 Å². The van der Waals surface area contributed by atoms with Crippen LogP contribution in [0.2, 0.25) is 0 Å². The number of hydrogen-bond donors (Lipinski definition) is 1. The maximum atomic E-state index is 9.44. The largest absolute Gasteiger partial charge is 0.489 e. The van der Waals surface area contributed by atoms with E-state index in [0.29, 0.717) is 6.61 Å². The van der Waals surface area contributed by atoms with Gasteiger partial charge in [0.25, 0.3) is 0 Å². The van der Waals surface area contributed by atoms with E-state index < -0.39 is 6.10 Å². The highest BCUT2D eigenvalue weighted by atomic mass is 16.5. The fourth-order valence-corrected chi connectivity index (χ4v) is 1.90. The molecule has 2 rings (SSSR count). The van der Waals surface area contributed by atoms with Crippen LogP contribution in [0.1, 0.15) is 35.3 Å². The van der Waals surface area contributed by atoms with Crippen LogP contribution in [0.15, 0.2) is 42.5 Å². The molecule has 0 aliphatic carbocycles. The lowest BCUT2D eigenvalue weighted by Gasteiger charge is -2.09. The minimum absolute atomic E-state index is 0.436. The first-order chi connectivity index (χ1) is 9.06.